The highest BCUT2D eigenvalue weighted by atomic mass is 19.4. The Morgan fingerprint density at radius 1 is 0.857 bits per heavy atom. The van der Waals surface area contributed by atoms with Crippen molar-refractivity contribution in [2.24, 2.45) is 11.8 Å². The number of hydrogen-bond donors (Lipinski definition) is 2. The molecule has 3 unspecified atom stereocenters. The van der Waals surface area contributed by atoms with Gasteiger partial charge in [0.15, 0.2) is 0 Å². The third-order valence-corrected chi connectivity index (χ3v) is 5.97. The maximum absolute atomic E-state index is 12.6. The zero-order chi connectivity index (χ0) is 26.0. The molecule has 0 fully saturated rings. The van der Waals surface area contributed by atoms with Gasteiger partial charge < -0.3 is 19.7 Å². The van der Waals surface area contributed by atoms with Crippen molar-refractivity contribution in [1.82, 2.24) is 0 Å². The number of alkyl halides is 3. The maximum Gasteiger partial charge on any atom is 0.416 e. The average Bonchev–Trinajstić information content (AvgIpc) is 2.81. The van der Waals surface area contributed by atoms with Crippen molar-refractivity contribution in [3.05, 3.63) is 59.7 Å². The second kappa shape index (κ2) is 13.0. The molecular weight excluding hydrogens is 465 g/mol. The number of ether oxygens (including phenoxy) is 2. The fourth-order valence-corrected chi connectivity index (χ4v) is 4.24. The summed E-state index contributed by atoms with van der Waals surface area (Å²) in [5.41, 5.74) is 0.196. The van der Waals surface area contributed by atoms with E-state index in [1.54, 1.807) is 12.1 Å². The Kier molecular flexibility index (Phi) is 10.4. The number of carbonyl (C=O) groups is 2. The van der Waals surface area contributed by atoms with E-state index in [0.717, 1.165) is 17.7 Å². The normalized spacial score (nSPS) is 14.1. The number of halogens is 3. The molecule has 2 aromatic carbocycles. The first-order valence-corrected chi connectivity index (χ1v) is 11.5. The molecule has 0 bridgehead atoms. The zero-order valence-corrected chi connectivity index (χ0v) is 19.8. The first-order valence-electron chi connectivity index (χ1n) is 11.5. The van der Waals surface area contributed by atoms with E-state index in [1.165, 1.54) is 12.1 Å². The SMILES string of the molecule is CCC(c1ccc(OCCCOc2ccc(C(F)(F)F)cc2)cc1)C(CC)C(CC(=O)O)C(=O)O. The van der Waals surface area contributed by atoms with Crippen molar-refractivity contribution < 1.29 is 42.4 Å². The summed E-state index contributed by atoms with van der Waals surface area (Å²) in [4.78, 5) is 22.9. The minimum Gasteiger partial charge on any atom is -0.493 e. The fourth-order valence-electron chi connectivity index (χ4n) is 4.24. The lowest BCUT2D eigenvalue weighted by Crippen LogP contribution is -2.30. The Bertz CT molecular complexity index is 941. The van der Waals surface area contributed by atoms with Gasteiger partial charge in [-0.05, 0) is 60.2 Å². The van der Waals surface area contributed by atoms with Crippen LogP contribution in [0.15, 0.2) is 48.5 Å². The van der Waals surface area contributed by atoms with E-state index in [4.69, 9.17) is 14.6 Å². The number of hydrogen-bond acceptors (Lipinski definition) is 4. The molecule has 0 saturated heterocycles. The fraction of sp³-hybridized carbons (Fsp3) is 0.462. The van der Waals surface area contributed by atoms with Crippen LogP contribution in [0.1, 0.15) is 56.6 Å². The van der Waals surface area contributed by atoms with Gasteiger partial charge in [0.1, 0.15) is 11.5 Å². The monoisotopic (exact) mass is 496 g/mol. The Morgan fingerprint density at radius 2 is 1.37 bits per heavy atom. The van der Waals surface area contributed by atoms with E-state index < -0.39 is 36.0 Å². The lowest BCUT2D eigenvalue weighted by atomic mass is 9.74. The van der Waals surface area contributed by atoms with Gasteiger partial charge in [-0.1, -0.05) is 32.4 Å². The molecule has 0 amide bonds. The number of rotatable bonds is 14. The quantitative estimate of drug-likeness (QED) is 0.301. The lowest BCUT2D eigenvalue weighted by Gasteiger charge is -2.30. The number of aliphatic carboxylic acids is 2. The van der Waals surface area contributed by atoms with Crippen LogP contribution in [0.4, 0.5) is 13.2 Å². The standard InChI is InChI=1S/C26H31F3O6/c1-3-21(22(4-2)23(25(32)33)16-24(30)31)17-6-10-19(11-7-17)34-14-5-15-35-20-12-8-18(9-13-20)26(27,28)29/h6-13,21-23H,3-5,14-16H2,1-2H3,(H,30,31)(H,32,33). The van der Waals surface area contributed by atoms with E-state index in [9.17, 15) is 27.9 Å². The summed E-state index contributed by atoms with van der Waals surface area (Å²) < 4.78 is 48.9. The molecule has 2 rings (SSSR count). The Hall–Kier alpha value is -3.23. The molecule has 0 aliphatic heterocycles. The Labute approximate surface area is 202 Å². The van der Waals surface area contributed by atoms with Gasteiger partial charge in [0.2, 0.25) is 0 Å². The average molecular weight is 497 g/mol. The van der Waals surface area contributed by atoms with Crippen molar-refractivity contribution in [3.8, 4) is 11.5 Å². The van der Waals surface area contributed by atoms with Crippen LogP contribution >= 0.6 is 0 Å². The van der Waals surface area contributed by atoms with Gasteiger partial charge in [0.25, 0.3) is 0 Å². The van der Waals surface area contributed by atoms with Gasteiger partial charge in [-0.3, -0.25) is 9.59 Å². The third kappa shape index (κ3) is 8.49. The lowest BCUT2D eigenvalue weighted by molar-refractivity contribution is -0.150. The highest BCUT2D eigenvalue weighted by molar-refractivity contribution is 5.78. The molecule has 0 aliphatic carbocycles. The van der Waals surface area contributed by atoms with Gasteiger partial charge in [0, 0.05) is 6.42 Å². The Morgan fingerprint density at radius 3 is 1.77 bits per heavy atom. The molecule has 35 heavy (non-hydrogen) atoms. The minimum absolute atomic E-state index is 0.105. The molecule has 2 N–H and O–H groups in total. The first-order chi connectivity index (χ1) is 16.6. The van der Waals surface area contributed by atoms with Crippen molar-refractivity contribution in [2.75, 3.05) is 13.2 Å². The smallest absolute Gasteiger partial charge is 0.416 e. The molecule has 192 valence electrons. The largest absolute Gasteiger partial charge is 0.493 e. The summed E-state index contributed by atoms with van der Waals surface area (Å²) in [6, 6.07) is 11.8. The highest BCUT2D eigenvalue weighted by Gasteiger charge is 2.34. The third-order valence-electron chi connectivity index (χ3n) is 5.97. The van der Waals surface area contributed by atoms with Gasteiger partial charge >= 0.3 is 18.1 Å². The maximum atomic E-state index is 12.6. The Balaban J connectivity index is 1.88. The van der Waals surface area contributed by atoms with Crippen LogP contribution < -0.4 is 9.47 Å². The van der Waals surface area contributed by atoms with Crippen molar-refractivity contribution in [2.45, 2.75) is 51.6 Å². The summed E-state index contributed by atoms with van der Waals surface area (Å²) in [5, 5.41) is 18.7. The van der Waals surface area contributed by atoms with Gasteiger partial charge in [-0.15, -0.1) is 0 Å². The van der Waals surface area contributed by atoms with E-state index in [0.29, 0.717) is 37.4 Å². The predicted molar refractivity (Wildman–Crippen MR) is 124 cm³/mol. The summed E-state index contributed by atoms with van der Waals surface area (Å²) in [5.74, 6) is -2.65. The van der Waals surface area contributed by atoms with Crippen molar-refractivity contribution in [1.29, 1.82) is 0 Å². The molecule has 0 aliphatic rings. The van der Waals surface area contributed by atoms with Crippen LogP contribution in [0.25, 0.3) is 0 Å². The van der Waals surface area contributed by atoms with Crippen LogP contribution in [0, 0.1) is 11.8 Å². The van der Waals surface area contributed by atoms with Crippen LogP contribution in [-0.4, -0.2) is 35.4 Å². The number of carboxylic acid groups (broad SMARTS) is 2. The topological polar surface area (TPSA) is 93.1 Å². The predicted octanol–water partition coefficient (Wildman–Crippen LogP) is 6.25. The molecule has 0 aromatic heterocycles. The number of benzene rings is 2. The molecular formula is C26H31F3O6. The molecule has 0 saturated carbocycles. The minimum atomic E-state index is -4.38. The molecule has 0 heterocycles. The van der Waals surface area contributed by atoms with E-state index in [2.05, 4.69) is 0 Å². The number of carboxylic acids is 2. The molecule has 9 heteroatoms. The van der Waals surface area contributed by atoms with E-state index in [1.807, 2.05) is 26.0 Å². The van der Waals surface area contributed by atoms with Gasteiger partial charge in [-0.25, -0.2) is 0 Å². The molecule has 3 atom stereocenters. The summed E-state index contributed by atoms with van der Waals surface area (Å²) in [6.07, 6.45) is -3.07. The van der Waals surface area contributed by atoms with Crippen molar-refractivity contribution >= 4 is 11.9 Å². The van der Waals surface area contributed by atoms with E-state index in [-0.39, 0.29) is 18.4 Å². The van der Waals surface area contributed by atoms with Crippen LogP contribution in [-0.2, 0) is 15.8 Å². The molecule has 6 nitrogen and oxygen atoms in total. The first kappa shape index (κ1) is 28.0. The van der Waals surface area contributed by atoms with Crippen molar-refractivity contribution in [3.63, 3.8) is 0 Å². The van der Waals surface area contributed by atoms with Crippen LogP contribution in [0.3, 0.4) is 0 Å². The van der Waals surface area contributed by atoms with Crippen LogP contribution in [0.5, 0.6) is 11.5 Å². The zero-order valence-electron chi connectivity index (χ0n) is 19.8. The van der Waals surface area contributed by atoms with Gasteiger partial charge in [-0.2, -0.15) is 13.2 Å². The summed E-state index contributed by atoms with van der Waals surface area (Å²) in [6.45, 7) is 4.44. The van der Waals surface area contributed by atoms with E-state index >= 15 is 0 Å². The van der Waals surface area contributed by atoms with Crippen LogP contribution in [0.2, 0.25) is 0 Å². The highest BCUT2D eigenvalue weighted by Crippen LogP contribution is 2.37. The molecule has 0 spiro atoms. The summed E-state index contributed by atoms with van der Waals surface area (Å²) in [7, 11) is 0. The van der Waals surface area contributed by atoms with Gasteiger partial charge in [0.05, 0.1) is 31.1 Å². The second-order valence-electron chi connectivity index (χ2n) is 8.27. The molecule has 2 aromatic rings. The summed E-state index contributed by atoms with van der Waals surface area (Å²) >= 11 is 0. The molecule has 0 radical (unpaired) electrons. The second-order valence-corrected chi connectivity index (χ2v) is 8.27.